The summed E-state index contributed by atoms with van der Waals surface area (Å²) in [5, 5.41) is 3.41. The summed E-state index contributed by atoms with van der Waals surface area (Å²) in [6, 6.07) is 0.614. The van der Waals surface area contributed by atoms with Crippen LogP contribution in [0.2, 0.25) is 0 Å². The Morgan fingerprint density at radius 1 is 1.00 bits per heavy atom. The molecule has 84 valence electrons. The fraction of sp³-hybridized carbons (Fsp3) is 0.917. The zero-order valence-corrected chi connectivity index (χ0v) is 9.72. The molecule has 0 fully saturated rings. The van der Waals surface area contributed by atoms with Crippen LogP contribution in [-0.4, -0.2) is 18.9 Å². The van der Waals surface area contributed by atoms with Crippen LogP contribution >= 0.6 is 0 Å². The minimum Gasteiger partial charge on any atom is -0.315 e. The maximum atomic E-state index is 10.0. The van der Waals surface area contributed by atoms with Crippen LogP contribution < -0.4 is 5.32 Å². The molecule has 0 aromatic heterocycles. The quantitative estimate of drug-likeness (QED) is 0.433. The van der Waals surface area contributed by atoms with E-state index in [1.54, 1.807) is 0 Å². The molecule has 0 amide bonds. The first-order chi connectivity index (χ1) is 6.77. The van der Waals surface area contributed by atoms with Crippen LogP contribution in [0.15, 0.2) is 0 Å². The van der Waals surface area contributed by atoms with Crippen molar-refractivity contribution in [2.24, 2.45) is 0 Å². The number of nitrogens with one attached hydrogen (secondary N) is 1. The van der Waals surface area contributed by atoms with Gasteiger partial charge in [-0.3, -0.25) is 0 Å². The van der Waals surface area contributed by atoms with Crippen LogP contribution in [0.1, 0.15) is 58.8 Å². The lowest BCUT2D eigenvalue weighted by Gasteiger charge is -2.07. The Balaban J connectivity index is 2.88. The molecule has 0 aliphatic heterocycles. The molecule has 0 bridgehead atoms. The molecule has 0 atom stereocenters. The molecule has 0 saturated carbocycles. The fourth-order valence-corrected chi connectivity index (χ4v) is 1.45. The maximum Gasteiger partial charge on any atom is 0.119 e. The predicted molar refractivity (Wildman–Crippen MR) is 61.5 cm³/mol. The van der Waals surface area contributed by atoms with E-state index in [4.69, 9.17) is 0 Å². The van der Waals surface area contributed by atoms with Crippen molar-refractivity contribution < 1.29 is 4.79 Å². The van der Waals surface area contributed by atoms with E-state index in [1.165, 1.54) is 32.1 Å². The van der Waals surface area contributed by atoms with Gasteiger partial charge in [-0.05, 0) is 19.4 Å². The molecule has 0 unspecified atom stereocenters. The minimum absolute atomic E-state index is 0.614. The fourth-order valence-electron chi connectivity index (χ4n) is 1.45. The number of hydrogen-bond acceptors (Lipinski definition) is 2. The third-order valence-electron chi connectivity index (χ3n) is 2.30. The lowest BCUT2D eigenvalue weighted by molar-refractivity contribution is -0.107. The van der Waals surface area contributed by atoms with Gasteiger partial charge >= 0.3 is 0 Å². The summed E-state index contributed by atoms with van der Waals surface area (Å²) < 4.78 is 0. The van der Waals surface area contributed by atoms with Crippen LogP contribution in [0.5, 0.6) is 0 Å². The Bertz CT molecular complexity index is 123. The van der Waals surface area contributed by atoms with Crippen LogP contribution in [0.25, 0.3) is 0 Å². The highest BCUT2D eigenvalue weighted by molar-refractivity contribution is 5.48. The van der Waals surface area contributed by atoms with Crippen LogP contribution in [0, 0.1) is 0 Å². The number of unbranched alkanes of at least 4 members (excludes halogenated alkanes) is 6. The van der Waals surface area contributed by atoms with E-state index in [9.17, 15) is 4.79 Å². The Labute approximate surface area is 88.5 Å². The number of rotatable bonds is 10. The first-order valence-electron chi connectivity index (χ1n) is 5.94. The third-order valence-corrected chi connectivity index (χ3v) is 2.30. The molecular formula is C12H25NO. The monoisotopic (exact) mass is 199 g/mol. The van der Waals surface area contributed by atoms with E-state index in [0.29, 0.717) is 6.04 Å². The molecule has 14 heavy (non-hydrogen) atoms. The summed E-state index contributed by atoms with van der Waals surface area (Å²) in [4.78, 5) is 10.0. The van der Waals surface area contributed by atoms with Gasteiger partial charge in [-0.25, -0.2) is 0 Å². The number of carbonyl (C=O) groups is 1. The highest BCUT2D eigenvalue weighted by Crippen LogP contribution is 2.05. The van der Waals surface area contributed by atoms with Gasteiger partial charge in [0.15, 0.2) is 0 Å². The Morgan fingerprint density at radius 2 is 1.57 bits per heavy atom. The van der Waals surface area contributed by atoms with Gasteiger partial charge in [0, 0.05) is 12.5 Å². The van der Waals surface area contributed by atoms with E-state index in [-0.39, 0.29) is 0 Å². The first kappa shape index (κ1) is 13.6. The van der Waals surface area contributed by atoms with Gasteiger partial charge in [0.05, 0.1) is 0 Å². The molecule has 0 saturated heterocycles. The highest BCUT2D eigenvalue weighted by Gasteiger charge is 1.93. The molecule has 0 rings (SSSR count). The Kier molecular flexibility index (Phi) is 10.4. The van der Waals surface area contributed by atoms with Crippen LogP contribution in [-0.2, 0) is 4.79 Å². The summed E-state index contributed by atoms with van der Waals surface area (Å²) in [6.45, 7) is 5.50. The van der Waals surface area contributed by atoms with E-state index < -0.39 is 0 Å². The van der Waals surface area contributed by atoms with Crippen molar-refractivity contribution in [1.29, 1.82) is 0 Å². The van der Waals surface area contributed by atoms with E-state index in [1.807, 2.05) is 0 Å². The van der Waals surface area contributed by atoms with Crippen LogP contribution in [0.4, 0.5) is 0 Å². The largest absolute Gasteiger partial charge is 0.315 e. The normalized spacial score (nSPS) is 10.8. The molecule has 0 radical (unpaired) electrons. The molecule has 0 heterocycles. The van der Waals surface area contributed by atoms with Crippen molar-refractivity contribution in [2.75, 3.05) is 6.54 Å². The Hall–Kier alpha value is -0.370. The van der Waals surface area contributed by atoms with Gasteiger partial charge in [-0.2, -0.15) is 0 Å². The number of hydrogen-bond donors (Lipinski definition) is 1. The maximum absolute atomic E-state index is 10.0. The van der Waals surface area contributed by atoms with Gasteiger partial charge in [0.2, 0.25) is 0 Å². The van der Waals surface area contributed by atoms with E-state index >= 15 is 0 Å². The Morgan fingerprint density at radius 3 is 2.14 bits per heavy atom. The summed E-state index contributed by atoms with van der Waals surface area (Å²) >= 11 is 0. The molecular weight excluding hydrogens is 174 g/mol. The standard InChI is InChI=1S/C12H25NO/c1-12(2)13-10-8-6-4-3-5-7-9-11-14/h11-13H,3-10H2,1-2H3. The van der Waals surface area contributed by atoms with Gasteiger partial charge in [-0.15, -0.1) is 0 Å². The van der Waals surface area contributed by atoms with Crippen LogP contribution in [0.3, 0.4) is 0 Å². The summed E-state index contributed by atoms with van der Waals surface area (Å²) in [5.74, 6) is 0. The summed E-state index contributed by atoms with van der Waals surface area (Å²) in [6.07, 6.45) is 9.27. The average Bonchev–Trinajstić information content (AvgIpc) is 2.15. The van der Waals surface area contributed by atoms with Gasteiger partial charge in [-0.1, -0.05) is 39.5 Å². The van der Waals surface area contributed by atoms with Crippen molar-refractivity contribution in [3.63, 3.8) is 0 Å². The molecule has 2 nitrogen and oxygen atoms in total. The minimum atomic E-state index is 0.614. The van der Waals surface area contributed by atoms with Crippen molar-refractivity contribution >= 4 is 6.29 Å². The molecule has 1 N–H and O–H groups in total. The zero-order valence-electron chi connectivity index (χ0n) is 9.72. The molecule has 0 spiro atoms. The van der Waals surface area contributed by atoms with Gasteiger partial charge < -0.3 is 10.1 Å². The molecule has 0 aliphatic rings. The van der Waals surface area contributed by atoms with E-state index in [2.05, 4.69) is 19.2 Å². The number of aldehydes is 1. The van der Waals surface area contributed by atoms with E-state index in [0.717, 1.165) is 25.7 Å². The number of carbonyl (C=O) groups excluding carboxylic acids is 1. The molecule has 0 aromatic carbocycles. The topological polar surface area (TPSA) is 29.1 Å². The summed E-state index contributed by atoms with van der Waals surface area (Å²) in [7, 11) is 0. The SMILES string of the molecule is CC(C)NCCCCCCCCC=O. The first-order valence-corrected chi connectivity index (χ1v) is 5.94. The predicted octanol–water partition coefficient (Wildman–Crippen LogP) is 2.91. The smallest absolute Gasteiger partial charge is 0.119 e. The second-order valence-electron chi connectivity index (χ2n) is 4.19. The van der Waals surface area contributed by atoms with Crippen molar-refractivity contribution in [1.82, 2.24) is 5.32 Å². The highest BCUT2D eigenvalue weighted by atomic mass is 16.1. The molecule has 2 heteroatoms. The zero-order chi connectivity index (χ0) is 10.6. The second kappa shape index (κ2) is 10.7. The van der Waals surface area contributed by atoms with Crippen molar-refractivity contribution in [3.05, 3.63) is 0 Å². The van der Waals surface area contributed by atoms with Crippen molar-refractivity contribution in [2.45, 2.75) is 64.8 Å². The average molecular weight is 199 g/mol. The lowest BCUT2D eigenvalue weighted by atomic mass is 10.1. The van der Waals surface area contributed by atoms with Gasteiger partial charge in [0.25, 0.3) is 0 Å². The van der Waals surface area contributed by atoms with Crippen molar-refractivity contribution in [3.8, 4) is 0 Å². The molecule has 0 aromatic rings. The molecule has 0 aliphatic carbocycles. The third kappa shape index (κ3) is 11.6. The van der Waals surface area contributed by atoms with Gasteiger partial charge in [0.1, 0.15) is 6.29 Å². The second-order valence-corrected chi connectivity index (χ2v) is 4.19. The lowest BCUT2D eigenvalue weighted by Crippen LogP contribution is -2.23. The summed E-state index contributed by atoms with van der Waals surface area (Å²) in [5.41, 5.74) is 0.